The van der Waals surface area contributed by atoms with Crippen LogP contribution in [0, 0.1) is 0 Å². The molecule has 0 aromatic heterocycles. The third kappa shape index (κ3) is 3.82. The van der Waals surface area contributed by atoms with E-state index in [4.69, 9.17) is 3.32 Å². The average Bonchev–Trinajstić information content (AvgIpc) is 2.84. The number of benzene rings is 2. The summed E-state index contributed by atoms with van der Waals surface area (Å²) in [5.74, 6) is 0. The molecule has 125 valence electrons. The van der Waals surface area contributed by atoms with Crippen molar-refractivity contribution < 1.29 is 49.0 Å². The molecular weight excluding hydrogens is 375 g/mol. The number of hydrogen-bond acceptors (Lipinski definition) is 1. The fraction of sp³-hybridized carbons (Fsp3) is 0.300. The van der Waals surface area contributed by atoms with Crippen molar-refractivity contribution in [2.24, 2.45) is 0 Å². The molecule has 0 fully saturated rings. The van der Waals surface area contributed by atoms with Crippen LogP contribution in [0.15, 0.2) is 53.6 Å². The first-order valence-corrected chi connectivity index (χ1v) is 8.32. The van der Waals surface area contributed by atoms with Gasteiger partial charge < -0.3 is 24.8 Å². The Hall–Kier alpha value is -0.566. The first-order valence-electron chi connectivity index (χ1n) is 7.68. The summed E-state index contributed by atoms with van der Waals surface area (Å²) in [7, 11) is 0. The van der Waals surface area contributed by atoms with Crippen molar-refractivity contribution in [3.63, 3.8) is 0 Å². The Balaban J connectivity index is 0.00000144. The van der Waals surface area contributed by atoms with Crippen molar-refractivity contribution in [2.45, 2.75) is 39.7 Å². The molecule has 1 aliphatic carbocycles. The first kappa shape index (κ1) is 21.5. The van der Waals surface area contributed by atoms with E-state index in [1.807, 2.05) is 0 Å². The molecule has 0 saturated heterocycles. The van der Waals surface area contributed by atoms with Crippen molar-refractivity contribution in [3.8, 4) is 0 Å². The Bertz CT molecular complexity index is 806. The molecule has 4 heteroatoms. The van der Waals surface area contributed by atoms with Gasteiger partial charge in [-0.15, -0.1) is 0 Å². The van der Waals surface area contributed by atoms with Crippen LogP contribution in [0.3, 0.4) is 0 Å². The Morgan fingerprint density at radius 2 is 1.67 bits per heavy atom. The van der Waals surface area contributed by atoms with Crippen LogP contribution < -0.4 is 24.8 Å². The Morgan fingerprint density at radius 3 is 2.25 bits per heavy atom. The summed E-state index contributed by atoms with van der Waals surface area (Å²) in [4.78, 5) is 0. The van der Waals surface area contributed by atoms with Gasteiger partial charge in [0.05, 0.1) is 0 Å². The van der Waals surface area contributed by atoms with E-state index in [1.54, 1.807) is 20.8 Å². The van der Waals surface area contributed by atoms with Crippen molar-refractivity contribution >= 4 is 16.3 Å². The van der Waals surface area contributed by atoms with Gasteiger partial charge in [-0.2, -0.15) is 0 Å². The summed E-state index contributed by atoms with van der Waals surface area (Å²) in [5.41, 5.74) is 6.55. The Kier molecular flexibility index (Phi) is 7.35. The second-order valence-corrected chi connectivity index (χ2v) is 6.97. The van der Waals surface area contributed by atoms with Gasteiger partial charge in [-0.05, 0) is 0 Å². The van der Waals surface area contributed by atoms with Crippen LogP contribution >= 0.6 is 0 Å². The average molecular weight is 396 g/mol. The van der Waals surface area contributed by atoms with Gasteiger partial charge in [0.2, 0.25) is 0 Å². The Morgan fingerprint density at radius 1 is 1.00 bits per heavy atom. The molecule has 0 bridgehead atoms. The molecule has 24 heavy (non-hydrogen) atoms. The van der Waals surface area contributed by atoms with E-state index in [0.717, 1.165) is 6.42 Å². The number of fused-ring (bicyclic) bond motifs is 1. The van der Waals surface area contributed by atoms with Gasteiger partial charge in [0.25, 0.3) is 0 Å². The summed E-state index contributed by atoms with van der Waals surface area (Å²) >= 11 is 1.80. The van der Waals surface area contributed by atoms with Crippen molar-refractivity contribution in [3.05, 3.63) is 64.7 Å². The van der Waals surface area contributed by atoms with Gasteiger partial charge in [0.1, 0.15) is 0 Å². The predicted molar refractivity (Wildman–Crippen MR) is 89.0 cm³/mol. The first-order chi connectivity index (χ1) is 10.4. The second-order valence-electron chi connectivity index (χ2n) is 6.65. The van der Waals surface area contributed by atoms with Gasteiger partial charge >= 0.3 is 145 Å². The van der Waals surface area contributed by atoms with Gasteiger partial charge in [-0.1, -0.05) is 0 Å². The zero-order chi connectivity index (χ0) is 15.9. The van der Waals surface area contributed by atoms with Crippen LogP contribution in [0.25, 0.3) is 16.3 Å². The summed E-state index contributed by atoms with van der Waals surface area (Å²) in [6.07, 6.45) is 3.34. The van der Waals surface area contributed by atoms with Crippen LogP contribution in [-0.4, -0.2) is 0 Å². The number of rotatable bonds is 3. The monoisotopic (exact) mass is 395 g/mol. The smallest absolute Gasteiger partial charge is 1.00 e. The predicted octanol–water partition coefficient (Wildman–Crippen LogP) is -0.315. The van der Waals surface area contributed by atoms with Gasteiger partial charge in [0, 0.05) is 0 Å². The van der Waals surface area contributed by atoms with E-state index >= 15 is 0 Å². The molecule has 3 rings (SSSR count). The molecule has 0 atom stereocenters. The fourth-order valence-electron chi connectivity index (χ4n) is 3.46. The van der Waals surface area contributed by atoms with Crippen LogP contribution in [0.1, 0.15) is 45.2 Å². The van der Waals surface area contributed by atoms with Crippen LogP contribution in [-0.2, 0) is 29.7 Å². The maximum atomic E-state index is 5.85. The van der Waals surface area contributed by atoms with E-state index in [9.17, 15) is 0 Å². The van der Waals surface area contributed by atoms with Gasteiger partial charge in [-0.25, -0.2) is 0 Å². The van der Waals surface area contributed by atoms with Crippen LogP contribution in [0.5, 0.6) is 0 Å². The van der Waals surface area contributed by atoms with E-state index in [1.165, 1.54) is 38.6 Å². The molecule has 0 aliphatic heterocycles. The third-order valence-corrected chi connectivity index (χ3v) is 5.30. The number of allylic oxidation sites excluding steroid dienone is 4. The summed E-state index contributed by atoms with van der Waals surface area (Å²) in [6, 6.07) is 13.1. The normalized spacial score (nSPS) is 14.3. The number of halogens is 2. The molecule has 0 spiro atoms. The summed E-state index contributed by atoms with van der Waals surface area (Å²) in [6.45, 7) is 8.73. The molecule has 1 aliphatic rings. The molecular formula is C20H21Cl2OTi. The SMILES string of the molecule is CC1=CC(C)=C(c2ccc3ccccc3c2C(C)(C)[O][Ti+2])C1.[Cl-].[Cl-]. The molecule has 2 aromatic carbocycles. The zero-order valence-corrected chi connectivity index (χ0v) is 17.5. The molecule has 0 unspecified atom stereocenters. The molecule has 0 heterocycles. The van der Waals surface area contributed by atoms with Crippen molar-refractivity contribution in [1.29, 1.82) is 0 Å². The molecule has 0 N–H and O–H groups in total. The van der Waals surface area contributed by atoms with Crippen LogP contribution in [0.2, 0.25) is 0 Å². The van der Waals surface area contributed by atoms with E-state index < -0.39 is 0 Å². The zero-order valence-electron chi connectivity index (χ0n) is 14.4. The third-order valence-electron chi connectivity index (χ3n) is 4.51. The fourth-order valence-corrected chi connectivity index (χ4v) is 3.62. The van der Waals surface area contributed by atoms with Crippen molar-refractivity contribution in [2.75, 3.05) is 0 Å². The minimum absolute atomic E-state index is 0. The summed E-state index contributed by atoms with van der Waals surface area (Å²) in [5, 5.41) is 2.56. The molecule has 0 saturated carbocycles. The minimum atomic E-state index is -0.319. The van der Waals surface area contributed by atoms with Crippen molar-refractivity contribution in [1.82, 2.24) is 0 Å². The van der Waals surface area contributed by atoms with Crippen LogP contribution in [0.4, 0.5) is 0 Å². The van der Waals surface area contributed by atoms with Gasteiger partial charge in [-0.3, -0.25) is 0 Å². The maximum absolute atomic E-state index is 5.85. The maximum Gasteiger partial charge on any atom is -1.00 e. The molecule has 2 aromatic rings. The minimum Gasteiger partial charge on any atom is -1.00 e. The molecule has 0 radical (unpaired) electrons. The molecule has 1 nitrogen and oxygen atoms in total. The molecule has 0 amide bonds. The standard InChI is InChI=1S/C20H21O.2ClH.Ti/c1-13-11-14(2)18(12-13)17-10-9-15-7-5-6-8-16(15)19(17)20(3,4)21;;;/h5-11H,12H2,1-4H3;2*1H;/q-1;;;+3/p-2. The Labute approximate surface area is 169 Å². The quantitative estimate of drug-likeness (QED) is 0.647. The van der Waals surface area contributed by atoms with E-state index in [2.05, 4.69) is 70.2 Å². The second kappa shape index (κ2) is 8.21. The number of hydrogen-bond donors (Lipinski definition) is 0. The van der Waals surface area contributed by atoms with Gasteiger partial charge in [0.15, 0.2) is 0 Å². The van der Waals surface area contributed by atoms with E-state index in [-0.39, 0.29) is 30.4 Å². The van der Waals surface area contributed by atoms with E-state index in [0.29, 0.717) is 0 Å². The summed E-state index contributed by atoms with van der Waals surface area (Å²) < 4.78 is 5.85. The topological polar surface area (TPSA) is 9.23 Å². The largest absolute Gasteiger partial charge is 1.00 e.